The highest BCUT2D eigenvalue weighted by Gasteiger charge is 2.18. The van der Waals surface area contributed by atoms with E-state index in [1.807, 2.05) is 0 Å². The molecule has 3 aromatic rings. The number of hydrogen-bond acceptors (Lipinski definition) is 0. The molecule has 0 unspecified atom stereocenters. The van der Waals surface area contributed by atoms with Gasteiger partial charge in [-0.1, -0.05) is 49.4 Å². The third kappa shape index (κ3) is 1.53. The predicted molar refractivity (Wildman–Crippen MR) is 82.9 cm³/mol. The molecule has 0 N–H and O–H groups in total. The Morgan fingerprint density at radius 2 is 1.68 bits per heavy atom. The standard InChI is InChI=1S/C19H18/c1-2-13-12-19-16-7-4-3-6-14(16)10-11-18(19)17-9-5-8-15(13)17/h3-4,6-7,10-12H,2,5,8-9H2,1H3. The van der Waals surface area contributed by atoms with E-state index in [4.69, 9.17) is 0 Å². The van der Waals surface area contributed by atoms with Crippen LogP contribution in [0.15, 0.2) is 42.5 Å². The molecule has 0 atom stereocenters. The summed E-state index contributed by atoms with van der Waals surface area (Å²) >= 11 is 0. The lowest BCUT2D eigenvalue weighted by atomic mass is 9.92. The summed E-state index contributed by atoms with van der Waals surface area (Å²) in [5, 5.41) is 5.71. The summed E-state index contributed by atoms with van der Waals surface area (Å²) < 4.78 is 0. The first-order valence-corrected chi connectivity index (χ1v) is 7.33. The Labute approximate surface area is 114 Å². The SMILES string of the molecule is CCc1cc2c(ccc3ccccc32)c2c1CCC2. The maximum Gasteiger partial charge on any atom is -0.00997 e. The van der Waals surface area contributed by atoms with E-state index >= 15 is 0 Å². The van der Waals surface area contributed by atoms with Gasteiger partial charge in [-0.3, -0.25) is 0 Å². The topological polar surface area (TPSA) is 0 Å². The van der Waals surface area contributed by atoms with Crippen LogP contribution in [0.5, 0.6) is 0 Å². The van der Waals surface area contributed by atoms with Crippen molar-refractivity contribution < 1.29 is 0 Å². The van der Waals surface area contributed by atoms with E-state index in [1.165, 1.54) is 40.8 Å². The normalized spacial score (nSPS) is 14.2. The highest BCUT2D eigenvalue weighted by atomic mass is 14.2. The number of fused-ring (bicyclic) bond motifs is 5. The molecule has 4 rings (SSSR count). The van der Waals surface area contributed by atoms with Gasteiger partial charge >= 0.3 is 0 Å². The molecule has 0 amide bonds. The van der Waals surface area contributed by atoms with Crippen LogP contribution in [0.2, 0.25) is 0 Å². The number of aryl methyl sites for hydroxylation is 2. The van der Waals surface area contributed by atoms with Crippen LogP contribution in [0.3, 0.4) is 0 Å². The van der Waals surface area contributed by atoms with Gasteiger partial charge in [0.2, 0.25) is 0 Å². The van der Waals surface area contributed by atoms with Crippen molar-refractivity contribution in [1.29, 1.82) is 0 Å². The van der Waals surface area contributed by atoms with E-state index in [0.29, 0.717) is 0 Å². The van der Waals surface area contributed by atoms with Crippen LogP contribution in [0, 0.1) is 0 Å². The fourth-order valence-corrected chi connectivity index (χ4v) is 3.69. The molecule has 0 nitrogen and oxygen atoms in total. The average molecular weight is 246 g/mol. The van der Waals surface area contributed by atoms with Crippen LogP contribution in [0.25, 0.3) is 21.5 Å². The van der Waals surface area contributed by atoms with E-state index in [0.717, 1.165) is 6.42 Å². The van der Waals surface area contributed by atoms with Crippen LogP contribution in [-0.4, -0.2) is 0 Å². The van der Waals surface area contributed by atoms with Crippen molar-refractivity contribution in [1.82, 2.24) is 0 Å². The summed E-state index contributed by atoms with van der Waals surface area (Å²) in [7, 11) is 0. The Hall–Kier alpha value is -1.82. The fourth-order valence-electron chi connectivity index (χ4n) is 3.69. The summed E-state index contributed by atoms with van der Waals surface area (Å²) in [5.41, 5.74) is 4.83. The van der Waals surface area contributed by atoms with Gasteiger partial charge < -0.3 is 0 Å². The first kappa shape index (κ1) is 11.0. The second-order valence-corrected chi connectivity index (χ2v) is 5.58. The van der Waals surface area contributed by atoms with Gasteiger partial charge in [0.25, 0.3) is 0 Å². The lowest BCUT2D eigenvalue weighted by Gasteiger charge is -2.13. The van der Waals surface area contributed by atoms with Crippen LogP contribution >= 0.6 is 0 Å². The minimum Gasteiger partial charge on any atom is -0.0616 e. The Bertz CT molecular complexity index is 781. The third-order valence-electron chi connectivity index (χ3n) is 4.60. The monoisotopic (exact) mass is 246 g/mol. The van der Waals surface area contributed by atoms with Gasteiger partial charge in [0.05, 0.1) is 0 Å². The largest absolute Gasteiger partial charge is 0.0616 e. The molecule has 3 aromatic carbocycles. The molecule has 0 fully saturated rings. The molecule has 0 heteroatoms. The van der Waals surface area contributed by atoms with E-state index in [2.05, 4.69) is 49.4 Å². The van der Waals surface area contributed by atoms with Crippen LogP contribution in [0.4, 0.5) is 0 Å². The first-order valence-electron chi connectivity index (χ1n) is 7.33. The zero-order valence-corrected chi connectivity index (χ0v) is 11.4. The van der Waals surface area contributed by atoms with Gasteiger partial charge in [-0.25, -0.2) is 0 Å². The van der Waals surface area contributed by atoms with Gasteiger partial charge in [0.15, 0.2) is 0 Å². The number of hydrogen-bond donors (Lipinski definition) is 0. The van der Waals surface area contributed by atoms with Crippen molar-refractivity contribution in [2.45, 2.75) is 32.6 Å². The van der Waals surface area contributed by atoms with Gasteiger partial charge in [-0.05, 0) is 63.9 Å². The lowest BCUT2D eigenvalue weighted by molar-refractivity contribution is 0.906. The van der Waals surface area contributed by atoms with Gasteiger partial charge in [-0.2, -0.15) is 0 Å². The van der Waals surface area contributed by atoms with E-state index < -0.39 is 0 Å². The molecule has 0 saturated carbocycles. The minimum absolute atomic E-state index is 1.15. The molecule has 1 aliphatic rings. The highest BCUT2D eigenvalue weighted by Crippen LogP contribution is 2.36. The zero-order chi connectivity index (χ0) is 12.8. The van der Waals surface area contributed by atoms with Crippen molar-refractivity contribution in [3.8, 4) is 0 Å². The number of rotatable bonds is 1. The third-order valence-corrected chi connectivity index (χ3v) is 4.60. The fraction of sp³-hybridized carbons (Fsp3) is 0.263. The Balaban J connectivity index is 2.20. The van der Waals surface area contributed by atoms with Crippen LogP contribution in [-0.2, 0) is 19.3 Å². The molecule has 0 aromatic heterocycles. The molecule has 94 valence electrons. The van der Waals surface area contributed by atoms with Crippen molar-refractivity contribution >= 4 is 21.5 Å². The first-order chi connectivity index (χ1) is 9.38. The second kappa shape index (κ2) is 4.09. The van der Waals surface area contributed by atoms with E-state index in [1.54, 1.807) is 16.7 Å². The summed E-state index contributed by atoms with van der Waals surface area (Å²) in [6.07, 6.45) is 5.02. The molecular weight excluding hydrogens is 228 g/mol. The van der Waals surface area contributed by atoms with E-state index in [-0.39, 0.29) is 0 Å². The number of benzene rings is 3. The second-order valence-electron chi connectivity index (χ2n) is 5.58. The molecule has 0 spiro atoms. The minimum atomic E-state index is 1.15. The highest BCUT2D eigenvalue weighted by molar-refractivity contribution is 6.09. The Morgan fingerprint density at radius 1 is 0.842 bits per heavy atom. The van der Waals surface area contributed by atoms with Crippen molar-refractivity contribution in [2.24, 2.45) is 0 Å². The quantitative estimate of drug-likeness (QED) is 0.527. The van der Waals surface area contributed by atoms with Gasteiger partial charge in [-0.15, -0.1) is 0 Å². The zero-order valence-electron chi connectivity index (χ0n) is 11.4. The van der Waals surface area contributed by atoms with Crippen molar-refractivity contribution in [3.63, 3.8) is 0 Å². The van der Waals surface area contributed by atoms with Gasteiger partial charge in [0, 0.05) is 0 Å². The van der Waals surface area contributed by atoms with Crippen LogP contribution in [0.1, 0.15) is 30.0 Å². The molecule has 0 bridgehead atoms. The molecular formula is C19H18. The molecule has 19 heavy (non-hydrogen) atoms. The Morgan fingerprint density at radius 3 is 2.58 bits per heavy atom. The summed E-state index contributed by atoms with van der Waals surface area (Å²) in [6.45, 7) is 2.28. The Kier molecular flexibility index (Phi) is 2.38. The van der Waals surface area contributed by atoms with E-state index in [9.17, 15) is 0 Å². The summed E-state index contributed by atoms with van der Waals surface area (Å²) in [5.74, 6) is 0. The lowest BCUT2D eigenvalue weighted by Crippen LogP contribution is -1.94. The average Bonchev–Trinajstić information content (AvgIpc) is 2.95. The molecule has 0 aliphatic heterocycles. The summed E-state index contributed by atoms with van der Waals surface area (Å²) in [6, 6.07) is 15.8. The molecule has 0 saturated heterocycles. The van der Waals surface area contributed by atoms with Gasteiger partial charge in [0.1, 0.15) is 0 Å². The van der Waals surface area contributed by atoms with Crippen molar-refractivity contribution in [2.75, 3.05) is 0 Å². The van der Waals surface area contributed by atoms with Crippen molar-refractivity contribution in [3.05, 3.63) is 59.2 Å². The summed E-state index contributed by atoms with van der Waals surface area (Å²) in [4.78, 5) is 0. The smallest absolute Gasteiger partial charge is 0.00997 e. The maximum absolute atomic E-state index is 2.45. The molecule has 1 aliphatic carbocycles. The molecule has 0 radical (unpaired) electrons. The molecule has 0 heterocycles. The maximum atomic E-state index is 2.45. The predicted octanol–water partition coefficient (Wildman–Crippen LogP) is 5.04. The van der Waals surface area contributed by atoms with Crippen LogP contribution < -0.4 is 0 Å².